The fourth-order valence-electron chi connectivity index (χ4n) is 12.8. The van der Waals surface area contributed by atoms with Crippen molar-refractivity contribution in [3.63, 3.8) is 0 Å². The number of nitrogens with two attached hydrogens (primary N) is 1. The number of carbonyl (C=O) groups excluding carboxylic acids is 9. The van der Waals surface area contributed by atoms with E-state index in [2.05, 4.69) is 52.5 Å². The molecule has 13 N–H and O–H groups in total. The molecule has 4 aliphatic rings. The summed E-state index contributed by atoms with van der Waals surface area (Å²) >= 11 is 0. The maximum atomic E-state index is 16.1. The molecular weight excluding hydrogens is 1240 g/mol. The molecule has 24 nitrogen and oxygen atoms in total. The number of fused-ring (bicyclic) bond motifs is 30. The number of unbranched alkanes of at least 4 members (excludes halogenated alkanes) is 1. The number of nitrogens with zero attached hydrogens (tertiary/aromatic N) is 2. The molecule has 96 heavy (non-hydrogen) atoms. The minimum Gasteiger partial charge on any atom is -0.497 e. The van der Waals surface area contributed by atoms with Crippen molar-refractivity contribution in [3.05, 3.63) is 137 Å². The van der Waals surface area contributed by atoms with Crippen LogP contribution < -0.4 is 53.0 Å². The van der Waals surface area contributed by atoms with Crippen LogP contribution in [-0.2, 0) is 75.4 Å². The van der Waals surface area contributed by atoms with Crippen molar-refractivity contribution in [2.24, 2.45) is 5.73 Å². The lowest BCUT2D eigenvalue weighted by Gasteiger charge is -2.37. The minimum absolute atomic E-state index is 0.0991. The Hall–Kier alpha value is -9.34. The second kappa shape index (κ2) is 32.4. The van der Waals surface area contributed by atoms with Crippen molar-refractivity contribution >= 4 is 75.0 Å². The number of amides is 9. The lowest BCUT2D eigenvalue weighted by Crippen LogP contribution is -2.62. The van der Waals surface area contributed by atoms with Crippen molar-refractivity contribution < 1.29 is 66.2 Å². The first-order valence-electron chi connectivity index (χ1n) is 32.6. The smallest absolute Gasteiger partial charge is 0.246 e. The maximum Gasteiger partial charge on any atom is 0.246 e. The first kappa shape index (κ1) is 71.0. The molecule has 4 aliphatic heterocycles. The quantitative estimate of drug-likeness (QED) is 0.0620. The minimum atomic E-state index is -1.81. The zero-order chi connectivity index (χ0) is 68.8. The first-order valence-corrected chi connectivity index (χ1v) is 32.6. The number of halogens is 3. The van der Waals surface area contributed by atoms with E-state index in [1.54, 1.807) is 12.1 Å². The first-order chi connectivity index (χ1) is 46.0. The van der Waals surface area contributed by atoms with Gasteiger partial charge in [-0.15, -0.1) is 0 Å². The summed E-state index contributed by atoms with van der Waals surface area (Å²) in [5.41, 5.74) is 8.79. The SMILES string of the molecule is COc1ccc(C[C@H]2CN3CCC[C@@]3(C)C(=O)NCCc3ccc(cc3)CNC(=O)CCC(=O)N[C@@H](CCCCN)C(=O)N[C@H](C)C(=O)N[C@@H](Cc3c[nH]c4ccc(F)cc34)C(=O)N[C@@H](Cc3c[nH]c4ccc(F)cc34)C(=O)N3C[C@@H](F)C[C@H]3C(=O)N[C@@H]([C@H](C)O)C(=O)N2)cc1. The molecule has 0 saturated carbocycles. The van der Waals surface area contributed by atoms with Crippen molar-refractivity contribution in [3.8, 4) is 5.75 Å². The summed E-state index contributed by atoms with van der Waals surface area (Å²) in [5.74, 6) is -7.48. The molecular formula is C69H86F3N13O11. The summed E-state index contributed by atoms with van der Waals surface area (Å²) in [7, 11) is 1.53. The number of methoxy groups -OCH3 is 1. The number of hydrogen-bond donors (Lipinski definition) is 12. The van der Waals surface area contributed by atoms with Crippen molar-refractivity contribution in [1.82, 2.24) is 62.3 Å². The van der Waals surface area contributed by atoms with Crippen molar-refractivity contribution in [2.75, 3.05) is 39.8 Å². The number of benzene rings is 4. The second-order valence-electron chi connectivity index (χ2n) is 25.4. The van der Waals surface area contributed by atoms with Gasteiger partial charge in [0.1, 0.15) is 59.8 Å². The highest BCUT2D eigenvalue weighted by atomic mass is 19.1. The molecule has 0 spiro atoms. The van der Waals surface area contributed by atoms with Crippen molar-refractivity contribution in [2.45, 2.75) is 164 Å². The summed E-state index contributed by atoms with van der Waals surface area (Å²) in [4.78, 5) is 138. The summed E-state index contributed by atoms with van der Waals surface area (Å²) in [6, 6.07) is 12.5. The number of hydrogen-bond acceptors (Lipinski definition) is 13. The second-order valence-corrected chi connectivity index (χ2v) is 25.4. The molecule has 2 saturated heterocycles. The Morgan fingerprint density at radius 3 is 1.94 bits per heavy atom. The van der Waals surface area contributed by atoms with Crippen LogP contribution in [0.4, 0.5) is 13.2 Å². The van der Waals surface area contributed by atoms with E-state index >= 15 is 14.0 Å². The van der Waals surface area contributed by atoms with Gasteiger partial charge in [-0.05, 0) is 155 Å². The maximum absolute atomic E-state index is 16.1. The van der Waals surface area contributed by atoms with Crippen LogP contribution in [0, 0.1) is 11.6 Å². The molecule has 0 aliphatic carbocycles. The number of H-pyrrole nitrogens is 2. The highest BCUT2D eigenvalue weighted by Gasteiger charge is 2.46. The van der Waals surface area contributed by atoms with E-state index in [4.69, 9.17) is 10.5 Å². The number of aromatic amines is 2. The molecule has 6 aromatic rings. The van der Waals surface area contributed by atoms with E-state index in [1.165, 1.54) is 69.7 Å². The molecule has 27 heteroatoms. The Morgan fingerprint density at radius 1 is 0.667 bits per heavy atom. The average Bonchev–Trinajstić information content (AvgIpc) is 1.61. The fraction of sp³-hybridized carbons (Fsp3) is 0.464. The van der Waals surface area contributed by atoms with Gasteiger partial charge >= 0.3 is 0 Å². The van der Waals surface area contributed by atoms with Gasteiger partial charge in [0.2, 0.25) is 53.2 Å². The topological polar surface area (TPSA) is 343 Å². The number of aliphatic hydroxyl groups excluding tert-OH is 1. The molecule has 2 fully saturated rings. The molecule has 2 aromatic heterocycles. The van der Waals surface area contributed by atoms with E-state index in [1.807, 2.05) is 48.2 Å². The summed E-state index contributed by atoms with van der Waals surface area (Å²) < 4.78 is 51.3. The van der Waals surface area contributed by atoms with Crippen LogP contribution in [0.1, 0.15) is 100.0 Å². The Bertz CT molecular complexity index is 3770. The lowest BCUT2D eigenvalue weighted by atomic mass is 9.96. The molecule has 0 unspecified atom stereocenters. The third kappa shape index (κ3) is 18.2. The Morgan fingerprint density at radius 2 is 1.29 bits per heavy atom. The van der Waals surface area contributed by atoms with Crippen LogP contribution in [0.5, 0.6) is 5.75 Å². The van der Waals surface area contributed by atoms with E-state index in [9.17, 15) is 47.4 Å². The van der Waals surface area contributed by atoms with Gasteiger partial charge in [-0.2, -0.15) is 0 Å². The van der Waals surface area contributed by atoms with E-state index in [0.717, 1.165) is 21.6 Å². The van der Waals surface area contributed by atoms with Crippen LogP contribution in [0.3, 0.4) is 0 Å². The highest BCUT2D eigenvalue weighted by molar-refractivity contribution is 5.99. The number of nitrogens with one attached hydrogen (secondary N) is 10. The number of rotatable bonds is 12. The van der Waals surface area contributed by atoms with E-state index in [0.29, 0.717) is 77.3 Å². The molecule has 514 valence electrons. The van der Waals surface area contributed by atoms with Gasteiger partial charge in [0, 0.05) is 92.0 Å². The Labute approximate surface area is 553 Å². The number of aliphatic hydroxyl groups is 1. The van der Waals surface area contributed by atoms with Gasteiger partial charge in [0.05, 0.1) is 25.3 Å². The van der Waals surface area contributed by atoms with Crippen LogP contribution in [0.25, 0.3) is 21.8 Å². The summed E-state index contributed by atoms with van der Waals surface area (Å²) in [6.45, 7) is 5.14. The van der Waals surface area contributed by atoms with E-state index in [-0.39, 0.29) is 64.2 Å². The molecule has 2 bridgehead atoms. The lowest BCUT2D eigenvalue weighted by molar-refractivity contribution is -0.143. The molecule has 10 rings (SSSR count). The fourth-order valence-corrected chi connectivity index (χ4v) is 12.8. The standard InChI is InChI=1S/C69H86F3N13O11/c1-39-62(89)81-56(29-44-35-75-53-19-15-46(70)31-51(44)53)64(91)82-57(30-45-36-76-54-20-16-47(71)32-52(45)54)67(94)85-37-48(72)33-58(85)65(92)83-61(40(2)86)66(93)79-49(28-42-13-17-50(96-4)18-14-42)38-84-27-7-24-69(84,3)68(95)74-26-23-41-9-11-43(12-10-41)34-77-59(87)21-22-60(88)80-55(63(90)78-39)8-5-6-25-73/h9-20,31-32,35-36,39-40,48-49,55-58,61,75-76,86H,5-8,21-30,33-34,37-38,73H2,1-4H3,(H,74,95)(H,77,87)(H,78,90)(H,79,93)(H,80,88)(H,81,89)(H,82,91)(H,83,92)/t39-,40+,48+,49+,55+,56+,57+,58+,61+,69+/m1/s1. The van der Waals surface area contributed by atoms with Crippen LogP contribution >= 0.6 is 0 Å². The zero-order valence-corrected chi connectivity index (χ0v) is 54.3. The number of alkyl halides is 1. The predicted molar refractivity (Wildman–Crippen MR) is 351 cm³/mol. The molecule has 0 radical (unpaired) electrons. The summed E-state index contributed by atoms with van der Waals surface area (Å²) in [6.07, 6.45) is 0.609. The number of ether oxygens (including phenoxy) is 1. The van der Waals surface area contributed by atoms with Gasteiger partial charge < -0.3 is 73.0 Å². The van der Waals surface area contributed by atoms with Gasteiger partial charge in [-0.25, -0.2) is 13.2 Å². The largest absolute Gasteiger partial charge is 0.497 e. The van der Waals surface area contributed by atoms with Gasteiger partial charge in [-0.1, -0.05) is 36.4 Å². The normalized spacial score (nSPS) is 25.1. The number of carbonyl (C=O) groups is 9. The number of aromatic nitrogens is 2. The predicted octanol–water partition coefficient (Wildman–Crippen LogP) is 2.96. The van der Waals surface area contributed by atoms with Crippen molar-refractivity contribution in [1.29, 1.82) is 0 Å². The third-order valence-electron chi connectivity index (χ3n) is 18.3. The van der Waals surface area contributed by atoms with Crippen LogP contribution in [0.15, 0.2) is 97.3 Å². The van der Waals surface area contributed by atoms with Gasteiger partial charge in [0.25, 0.3) is 0 Å². The van der Waals surface area contributed by atoms with E-state index < -0.39 is 138 Å². The molecule has 4 aromatic carbocycles. The van der Waals surface area contributed by atoms with Crippen LogP contribution in [0.2, 0.25) is 0 Å². The molecule has 9 amide bonds. The average molecular weight is 1330 g/mol. The summed E-state index contributed by atoms with van der Waals surface area (Å²) in [5, 5.41) is 34.2. The Kier molecular flexibility index (Phi) is 23.9. The Balaban J connectivity index is 1.04. The molecule has 6 heterocycles. The van der Waals surface area contributed by atoms with Crippen LogP contribution in [-0.4, -0.2) is 178 Å². The van der Waals surface area contributed by atoms with Gasteiger partial charge in [0.15, 0.2) is 0 Å². The third-order valence-corrected chi connectivity index (χ3v) is 18.3. The monoisotopic (exact) mass is 1330 g/mol. The highest BCUT2D eigenvalue weighted by Crippen LogP contribution is 2.31. The zero-order valence-electron chi connectivity index (χ0n) is 54.3. The van der Waals surface area contributed by atoms with Gasteiger partial charge in [-0.3, -0.25) is 48.1 Å². The molecule has 10 atom stereocenters.